The van der Waals surface area contributed by atoms with Gasteiger partial charge in [-0.3, -0.25) is 23.7 Å². The molecule has 12 nitrogen and oxygen atoms in total. The van der Waals surface area contributed by atoms with Crippen LogP contribution < -0.4 is 11.2 Å². The lowest BCUT2D eigenvalue weighted by molar-refractivity contribution is -0.162. The summed E-state index contributed by atoms with van der Waals surface area (Å²) in [6.45, 7) is 4.15. The summed E-state index contributed by atoms with van der Waals surface area (Å²) >= 11 is 0. The van der Waals surface area contributed by atoms with Crippen molar-refractivity contribution in [2.45, 2.75) is 38.8 Å². The van der Waals surface area contributed by atoms with Gasteiger partial charge in [0.25, 0.3) is 5.56 Å². The molecule has 3 rings (SSSR count). The third-order valence-electron chi connectivity index (χ3n) is 4.19. The number of aromatic amines is 1. The average Bonchev–Trinajstić information content (AvgIpc) is 3.25. The van der Waals surface area contributed by atoms with Gasteiger partial charge in [0, 0.05) is 25.7 Å². The zero-order valence-corrected chi connectivity index (χ0v) is 16.7. The molecule has 0 saturated carbocycles. The quantitative estimate of drug-likeness (QED) is 0.614. The highest BCUT2D eigenvalue weighted by Gasteiger charge is 2.46. The van der Waals surface area contributed by atoms with Gasteiger partial charge in [-0.1, -0.05) is 5.21 Å². The molecule has 1 saturated heterocycles. The number of rotatable bonds is 8. The number of hydroxylamine groups is 2. The van der Waals surface area contributed by atoms with Crippen molar-refractivity contribution in [1.82, 2.24) is 29.6 Å². The second-order valence-electron chi connectivity index (χ2n) is 6.13. The van der Waals surface area contributed by atoms with Crippen LogP contribution >= 0.6 is 7.60 Å². The first-order chi connectivity index (χ1) is 13.4. The molecular weight excluding hydrogens is 391 g/mol. The zero-order valence-electron chi connectivity index (χ0n) is 15.8. The van der Waals surface area contributed by atoms with Gasteiger partial charge in [0.15, 0.2) is 6.23 Å². The first-order valence-electron chi connectivity index (χ1n) is 8.85. The minimum atomic E-state index is -3.38. The second kappa shape index (κ2) is 8.50. The van der Waals surface area contributed by atoms with E-state index < -0.39 is 30.9 Å². The molecule has 13 heteroatoms. The average molecular weight is 414 g/mol. The van der Waals surface area contributed by atoms with Crippen molar-refractivity contribution in [3.05, 3.63) is 45.0 Å². The van der Waals surface area contributed by atoms with Gasteiger partial charge in [-0.05, 0) is 13.8 Å². The van der Waals surface area contributed by atoms with Crippen LogP contribution in [0.2, 0.25) is 0 Å². The van der Waals surface area contributed by atoms with Crippen molar-refractivity contribution in [2.75, 3.05) is 20.3 Å². The van der Waals surface area contributed by atoms with Gasteiger partial charge >= 0.3 is 13.3 Å². The van der Waals surface area contributed by atoms with Crippen LogP contribution in [-0.4, -0.2) is 55.7 Å². The van der Waals surface area contributed by atoms with E-state index in [0.29, 0.717) is 12.1 Å². The Morgan fingerprint density at radius 1 is 1.32 bits per heavy atom. The standard InChI is InChI=1S/C15H23N6O6P/c1-4-25-28(24,26-5-2)14-8-13(27-19(14)3)21-10-11(17-18-21)9-20-7-6-12(22)16-15(20)23/h6-7,10,13-14H,4-5,8-9H2,1-3H3,(H,16,22,23)/t13-,14-/m1/s1. The monoisotopic (exact) mass is 414 g/mol. The van der Waals surface area contributed by atoms with Crippen molar-refractivity contribution in [3.8, 4) is 0 Å². The molecule has 2 atom stereocenters. The number of hydrogen-bond donors (Lipinski definition) is 1. The van der Waals surface area contributed by atoms with Gasteiger partial charge in [-0.2, -0.15) is 5.06 Å². The normalized spacial score (nSPS) is 20.7. The molecule has 0 radical (unpaired) electrons. The highest BCUT2D eigenvalue weighted by Crippen LogP contribution is 2.58. The van der Waals surface area contributed by atoms with Gasteiger partial charge < -0.3 is 9.05 Å². The van der Waals surface area contributed by atoms with Crippen LogP contribution in [0.3, 0.4) is 0 Å². The predicted octanol–water partition coefficient (Wildman–Crippen LogP) is 0.534. The van der Waals surface area contributed by atoms with Crippen LogP contribution in [0.5, 0.6) is 0 Å². The molecule has 2 aromatic rings. The highest BCUT2D eigenvalue weighted by molar-refractivity contribution is 7.54. The van der Waals surface area contributed by atoms with Crippen molar-refractivity contribution in [3.63, 3.8) is 0 Å². The molecule has 0 amide bonds. The van der Waals surface area contributed by atoms with E-state index >= 15 is 0 Å². The molecule has 2 aromatic heterocycles. The third kappa shape index (κ3) is 4.31. The molecule has 0 spiro atoms. The fraction of sp³-hybridized carbons (Fsp3) is 0.600. The van der Waals surface area contributed by atoms with E-state index in [4.69, 9.17) is 13.9 Å². The van der Waals surface area contributed by atoms with Crippen molar-refractivity contribution < 1.29 is 18.5 Å². The van der Waals surface area contributed by atoms with Gasteiger partial charge in [0.1, 0.15) is 11.5 Å². The number of nitrogens with zero attached hydrogens (tertiary/aromatic N) is 5. The largest absolute Gasteiger partial charge is 0.350 e. The summed E-state index contributed by atoms with van der Waals surface area (Å²) in [6.07, 6.45) is 2.80. The molecule has 0 unspecified atom stereocenters. The zero-order chi connectivity index (χ0) is 20.3. The maximum Gasteiger partial charge on any atom is 0.350 e. The molecule has 0 aliphatic carbocycles. The summed E-state index contributed by atoms with van der Waals surface area (Å²) < 4.78 is 26.7. The van der Waals surface area contributed by atoms with E-state index in [0.717, 1.165) is 0 Å². The first kappa shape index (κ1) is 20.6. The lowest BCUT2D eigenvalue weighted by Crippen LogP contribution is -2.28. The Balaban J connectivity index is 1.74. The molecule has 1 N–H and O–H groups in total. The Kier molecular flexibility index (Phi) is 6.26. The minimum Gasteiger partial charge on any atom is -0.308 e. The summed E-state index contributed by atoms with van der Waals surface area (Å²) in [5.41, 5.74) is -0.499. The Morgan fingerprint density at radius 3 is 2.68 bits per heavy atom. The van der Waals surface area contributed by atoms with Crippen LogP contribution in [0.15, 0.2) is 28.0 Å². The second-order valence-corrected chi connectivity index (χ2v) is 8.32. The Labute approximate surface area is 160 Å². The number of hydrogen-bond acceptors (Lipinski definition) is 9. The van der Waals surface area contributed by atoms with Crippen LogP contribution in [0.25, 0.3) is 0 Å². The molecular formula is C15H23N6O6P. The SMILES string of the molecule is CCOP(=O)(OCC)[C@@H]1C[C@H](n2cc(Cn3ccc(=O)[nH]c3=O)nn2)ON1C. The summed E-state index contributed by atoms with van der Waals surface area (Å²) in [4.78, 5) is 30.9. The molecule has 1 fully saturated rings. The van der Waals surface area contributed by atoms with E-state index in [1.807, 2.05) is 0 Å². The highest BCUT2D eigenvalue weighted by atomic mass is 31.2. The van der Waals surface area contributed by atoms with Crippen LogP contribution in [0, 0.1) is 0 Å². The van der Waals surface area contributed by atoms with Crippen molar-refractivity contribution in [2.24, 2.45) is 0 Å². The van der Waals surface area contributed by atoms with Crippen LogP contribution in [0.4, 0.5) is 0 Å². The summed E-state index contributed by atoms with van der Waals surface area (Å²) in [6, 6.07) is 1.25. The van der Waals surface area contributed by atoms with Gasteiger partial charge in [0.05, 0.1) is 26.0 Å². The Hall–Kier alpha value is -2.11. The fourth-order valence-corrected chi connectivity index (χ4v) is 4.99. The van der Waals surface area contributed by atoms with Gasteiger partial charge in [-0.25, -0.2) is 9.48 Å². The fourth-order valence-electron chi connectivity index (χ4n) is 2.96. The minimum absolute atomic E-state index is 0.137. The molecule has 0 bridgehead atoms. The predicted molar refractivity (Wildman–Crippen MR) is 97.6 cm³/mol. The number of nitrogens with one attached hydrogen (secondary N) is 1. The molecule has 154 valence electrons. The summed E-state index contributed by atoms with van der Waals surface area (Å²) in [5.74, 6) is -0.577. The van der Waals surface area contributed by atoms with Gasteiger partial charge in [-0.15, -0.1) is 5.10 Å². The van der Waals surface area contributed by atoms with E-state index in [1.54, 1.807) is 27.1 Å². The van der Waals surface area contributed by atoms with E-state index in [-0.39, 0.29) is 19.8 Å². The topological polar surface area (TPSA) is 134 Å². The lowest BCUT2D eigenvalue weighted by atomic mass is 10.4. The molecule has 28 heavy (non-hydrogen) atoms. The molecule has 3 heterocycles. The lowest BCUT2D eigenvalue weighted by Gasteiger charge is -2.25. The van der Waals surface area contributed by atoms with E-state index in [2.05, 4.69) is 15.3 Å². The molecule has 0 aromatic carbocycles. The van der Waals surface area contributed by atoms with Crippen LogP contribution in [0.1, 0.15) is 32.2 Å². The number of H-pyrrole nitrogens is 1. The van der Waals surface area contributed by atoms with E-state index in [9.17, 15) is 14.2 Å². The molecule has 1 aliphatic heterocycles. The first-order valence-corrected chi connectivity index (χ1v) is 10.5. The van der Waals surface area contributed by atoms with Crippen molar-refractivity contribution in [1.29, 1.82) is 0 Å². The summed E-state index contributed by atoms with van der Waals surface area (Å²) in [5, 5.41) is 9.54. The summed E-state index contributed by atoms with van der Waals surface area (Å²) in [7, 11) is -1.72. The smallest absolute Gasteiger partial charge is 0.308 e. The van der Waals surface area contributed by atoms with Crippen molar-refractivity contribution >= 4 is 7.60 Å². The van der Waals surface area contributed by atoms with Gasteiger partial charge in [0.2, 0.25) is 0 Å². The van der Waals surface area contributed by atoms with E-state index in [1.165, 1.54) is 26.6 Å². The third-order valence-corrected chi connectivity index (χ3v) is 6.69. The maximum absolute atomic E-state index is 13.0. The Morgan fingerprint density at radius 2 is 2.04 bits per heavy atom. The van der Waals surface area contributed by atoms with Crippen LogP contribution in [-0.2, 0) is 25.0 Å². The Bertz CT molecular complexity index is 960. The molecule has 1 aliphatic rings. The maximum atomic E-state index is 13.0. The number of aromatic nitrogens is 5.